The fraction of sp³-hybridized carbons (Fsp3) is 0.0833. The highest BCUT2D eigenvalue weighted by atomic mass is 79.9. The predicted molar refractivity (Wildman–Crippen MR) is 185 cm³/mol. The SMILES string of the molecule is Cc1cc(C=Nn2c(-c3cc4cc(Br)ccc4o3)nc3ccccc3c2=O)c(C)n1-c1ccc(OCc2ccc([N+](=O)[O-])cc2)cc1. The third-order valence-electron chi connectivity index (χ3n) is 7.88. The molecule has 3 heterocycles. The summed E-state index contributed by atoms with van der Waals surface area (Å²) in [4.78, 5) is 29.0. The van der Waals surface area contributed by atoms with Crippen molar-refractivity contribution in [3.05, 3.63) is 151 Å². The smallest absolute Gasteiger partial charge is 0.282 e. The lowest BCUT2D eigenvalue weighted by Crippen LogP contribution is -2.20. The molecule has 11 heteroatoms. The van der Waals surface area contributed by atoms with Gasteiger partial charge in [0.05, 0.1) is 22.0 Å². The van der Waals surface area contributed by atoms with E-state index < -0.39 is 4.92 Å². The highest BCUT2D eigenvalue weighted by Crippen LogP contribution is 2.29. The number of nitrogens with zero attached hydrogens (tertiary/aromatic N) is 5. The summed E-state index contributed by atoms with van der Waals surface area (Å²) >= 11 is 3.50. The van der Waals surface area contributed by atoms with Crippen molar-refractivity contribution >= 4 is 49.7 Å². The van der Waals surface area contributed by atoms with Gasteiger partial charge in [-0.25, -0.2) is 4.98 Å². The Balaban J connectivity index is 1.18. The average molecular weight is 689 g/mol. The second-order valence-electron chi connectivity index (χ2n) is 11.0. The molecular weight excluding hydrogens is 662 g/mol. The summed E-state index contributed by atoms with van der Waals surface area (Å²) in [5.74, 6) is 1.40. The van der Waals surface area contributed by atoms with Crippen LogP contribution in [-0.2, 0) is 6.61 Å². The first-order valence-corrected chi connectivity index (χ1v) is 15.5. The number of fused-ring (bicyclic) bond motifs is 2. The first-order chi connectivity index (χ1) is 22.7. The number of hydrogen-bond donors (Lipinski definition) is 0. The first-order valence-electron chi connectivity index (χ1n) is 14.7. The normalized spacial score (nSPS) is 11.6. The standard InChI is InChI=1S/C36H26BrN5O5/c1-22-17-26(23(2)40(22)28-12-14-30(15-13-28)46-21-24-7-10-29(11-8-24)42(44)45)20-38-41-35(39-32-6-4-3-5-31(32)36(41)43)34-19-25-18-27(37)9-16-33(25)47-34/h3-20H,21H2,1-2H3. The molecule has 0 saturated heterocycles. The highest BCUT2D eigenvalue weighted by Gasteiger charge is 2.17. The Morgan fingerprint density at radius 1 is 0.979 bits per heavy atom. The molecule has 4 aromatic carbocycles. The summed E-state index contributed by atoms with van der Waals surface area (Å²) in [7, 11) is 0. The van der Waals surface area contributed by atoms with Crippen LogP contribution in [0.1, 0.15) is 22.5 Å². The molecule has 0 saturated carbocycles. The van der Waals surface area contributed by atoms with Crippen LogP contribution in [0.5, 0.6) is 5.75 Å². The van der Waals surface area contributed by atoms with Gasteiger partial charge < -0.3 is 13.7 Å². The van der Waals surface area contributed by atoms with E-state index in [9.17, 15) is 14.9 Å². The molecule has 0 aliphatic carbocycles. The van der Waals surface area contributed by atoms with Crippen molar-refractivity contribution in [1.29, 1.82) is 0 Å². The molecule has 7 aromatic rings. The summed E-state index contributed by atoms with van der Waals surface area (Å²) in [6, 6.07) is 30.7. The van der Waals surface area contributed by atoms with Crippen LogP contribution in [0.15, 0.2) is 122 Å². The van der Waals surface area contributed by atoms with E-state index in [4.69, 9.17) is 14.1 Å². The number of nitro groups is 1. The highest BCUT2D eigenvalue weighted by molar-refractivity contribution is 9.10. The van der Waals surface area contributed by atoms with Crippen molar-refractivity contribution < 1.29 is 14.1 Å². The van der Waals surface area contributed by atoms with E-state index in [0.717, 1.165) is 38.1 Å². The maximum Gasteiger partial charge on any atom is 0.282 e. The fourth-order valence-electron chi connectivity index (χ4n) is 5.52. The van der Waals surface area contributed by atoms with Crippen molar-refractivity contribution in [1.82, 2.24) is 14.2 Å². The lowest BCUT2D eigenvalue weighted by molar-refractivity contribution is -0.384. The summed E-state index contributed by atoms with van der Waals surface area (Å²) in [5, 5.41) is 16.9. The third kappa shape index (κ3) is 5.84. The van der Waals surface area contributed by atoms with Crippen molar-refractivity contribution in [2.24, 2.45) is 5.10 Å². The van der Waals surface area contributed by atoms with E-state index in [-0.39, 0.29) is 17.9 Å². The number of hydrogen-bond acceptors (Lipinski definition) is 7. The van der Waals surface area contributed by atoms with Crippen LogP contribution in [-0.4, -0.2) is 25.4 Å². The molecule has 0 N–H and O–H groups in total. The zero-order valence-corrected chi connectivity index (χ0v) is 26.8. The Labute approximate surface area is 276 Å². The number of non-ortho nitro benzene ring substituents is 1. The maximum absolute atomic E-state index is 13.7. The minimum Gasteiger partial charge on any atom is -0.489 e. The molecule has 7 rings (SSSR count). The van der Waals surface area contributed by atoms with Crippen molar-refractivity contribution in [2.45, 2.75) is 20.5 Å². The quantitative estimate of drug-likeness (QED) is 0.0900. The first kappa shape index (κ1) is 29.9. The van der Waals surface area contributed by atoms with Gasteiger partial charge in [-0.1, -0.05) is 28.1 Å². The van der Waals surface area contributed by atoms with Crippen molar-refractivity contribution in [2.75, 3.05) is 0 Å². The number of halogens is 1. The number of nitro benzene ring substituents is 1. The van der Waals surface area contributed by atoms with Crippen LogP contribution in [0.2, 0.25) is 0 Å². The molecule has 47 heavy (non-hydrogen) atoms. The third-order valence-corrected chi connectivity index (χ3v) is 8.38. The Kier molecular flexibility index (Phi) is 7.74. The van der Waals surface area contributed by atoms with Gasteiger partial charge in [0.15, 0.2) is 5.76 Å². The minimum absolute atomic E-state index is 0.0427. The van der Waals surface area contributed by atoms with Crippen molar-refractivity contribution in [3.63, 3.8) is 0 Å². The van der Waals surface area contributed by atoms with E-state index in [2.05, 4.69) is 25.6 Å². The van der Waals surface area contributed by atoms with Crippen LogP contribution >= 0.6 is 15.9 Å². The molecule has 0 radical (unpaired) electrons. The van der Waals surface area contributed by atoms with E-state index in [1.54, 1.807) is 36.5 Å². The van der Waals surface area contributed by atoms with Crippen LogP contribution in [0, 0.1) is 24.0 Å². The molecule has 3 aromatic heterocycles. The maximum atomic E-state index is 13.7. The summed E-state index contributed by atoms with van der Waals surface area (Å²) in [6.45, 7) is 4.29. The molecule has 0 aliphatic heterocycles. The Morgan fingerprint density at radius 2 is 1.74 bits per heavy atom. The van der Waals surface area contributed by atoms with Crippen molar-refractivity contribution in [3.8, 4) is 23.0 Å². The summed E-state index contributed by atoms with van der Waals surface area (Å²) in [6.07, 6.45) is 1.67. The van der Waals surface area contributed by atoms with Crippen LogP contribution < -0.4 is 10.3 Å². The van der Waals surface area contributed by atoms with Gasteiger partial charge in [0.2, 0.25) is 5.82 Å². The Hall–Kier alpha value is -5.81. The minimum atomic E-state index is -0.425. The number of aryl methyl sites for hydroxylation is 1. The molecular formula is C36H26BrN5O5. The van der Waals surface area contributed by atoms with E-state index in [1.807, 2.05) is 74.5 Å². The zero-order valence-electron chi connectivity index (χ0n) is 25.3. The molecule has 232 valence electrons. The van der Waals surface area contributed by atoms with Gasteiger partial charge in [0.25, 0.3) is 11.2 Å². The molecule has 0 fully saturated rings. The average Bonchev–Trinajstić information content (AvgIpc) is 3.62. The number of aromatic nitrogens is 3. The van der Waals surface area contributed by atoms with Gasteiger partial charge >= 0.3 is 0 Å². The summed E-state index contributed by atoms with van der Waals surface area (Å²) < 4.78 is 16.3. The van der Waals surface area contributed by atoms with Crippen LogP contribution in [0.25, 0.3) is 39.1 Å². The number of para-hydroxylation sites is 1. The van der Waals surface area contributed by atoms with Gasteiger partial charge in [0.1, 0.15) is 17.9 Å². The topological polar surface area (TPSA) is 118 Å². The Bertz CT molecular complexity index is 2390. The van der Waals surface area contributed by atoms with Crippen LogP contribution in [0.4, 0.5) is 5.69 Å². The second kappa shape index (κ2) is 12.2. The molecule has 10 nitrogen and oxygen atoms in total. The number of rotatable bonds is 8. The largest absolute Gasteiger partial charge is 0.489 e. The fourth-order valence-corrected chi connectivity index (χ4v) is 5.90. The molecule has 0 unspecified atom stereocenters. The van der Waals surface area contributed by atoms with E-state index >= 15 is 0 Å². The number of benzene rings is 4. The molecule has 0 amide bonds. The van der Waals surface area contributed by atoms with Crippen LogP contribution in [0.3, 0.4) is 0 Å². The lowest BCUT2D eigenvalue weighted by Gasteiger charge is -2.11. The predicted octanol–water partition coefficient (Wildman–Crippen LogP) is 8.35. The van der Waals surface area contributed by atoms with E-state index in [1.165, 1.54) is 16.8 Å². The Morgan fingerprint density at radius 3 is 2.51 bits per heavy atom. The number of ether oxygens (including phenoxy) is 1. The molecule has 0 atom stereocenters. The van der Waals surface area contributed by atoms with Gasteiger partial charge in [-0.05, 0) is 98.3 Å². The monoisotopic (exact) mass is 687 g/mol. The van der Waals surface area contributed by atoms with Gasteiger partial charge in [-0.2, -0.15) is 9.78 Å². The van der Waals surface area contributed by atoms with Gasteiger partial charge in [-0.15, -0.1) is 0 Å². The zero-order chi connectivity index (χ0) is 32.7. The molecule has 0 bridgehead atoms. The molecule has 0 spiro atoms. The lowest BCUT2D eigenvalue weighted by atomic mass is 10.2. The molecule has 0 aliphatic rings. The van der Waals surface area contributed by atoms with Gasteiger partial charge in [-0.3, -0.25) is 14.9 Å². The summed E-state index contributed by atoms with van der Waals surface area (Å²) in [5.41, 5.74) is 5.48. The van der Waals surface area contributed by atoms with Gasteiger partial charge in [0, 0.05) is 44.6 Å². The van der Waals surface area contributed by atoms with E-state index in [0.29, 0.717) is 33.8 Å². The number of furan rings is 1. The second-order valence-corrected chi connectivity index (χ2v) is 11.9.